The van der Waals surface area contributed by atoms with Gasteiger partial charge in [0.1, 0.15) is 29.8 Å². The first-order chi connectivity index (χ1) is 27.0. The first-order valence-electron chi connectivity index (χ1n) is 17.9. The molecule has 0 radical (unpaired) electrons. The number of phenolic OH excluding ortho intramolecular Hbond substituents is 2. The summed E-state index contributed by atoms with van der Waals surface area (Å²) in [5, 5.41) is 61.8. The Morgan fingerprint density at radius 3 is 2.26 bits per heavy atom. The first-order valence-corrected chi connectivity index (χ1v) is 18.2. The zero-order valence-electron chi connectivity index (χ0n) is 31.3. The van der Waals surface area contributed by atoms with Gasteiger partial charge in [0.05, 0.1) is 41.0 Å². The predicted molar refractivity (Wildman–Crippen MR) is 198 cm³/mol. The standard InChI is InChI=1S/C40H39ClN2O14/c1-15-10-18-11-24(45)40(56-5)36(51)27-21(35(50)39(40,53)28(18)31(48)25(15)37(52)42-14-17-6-8-19(41)9-7-17)12-20-26(30(27)47)23(44)13-22(29(20)46)43-38-34(55-4)32(49)33(54-3)16(2)57-38/h6-10,12,16,24,32-34,38,45,47-49,53H,11,13-14H2,1-5H3,(H,42,52)/t16-,24+,32+,33-,34+,38?,39-,40+/m0/s1. The average molecular weight is 807 g/mol. The molecule has 16 nitrogen and oxygen atoms in total. The van der Waals surface area contributed by atoms with E-state index >= 15 is 0 Å². The molecule has 3 aromatic rings. The zero-order valence-corrected chi connectivity index (χ0v) is 32.0. The number of rotatable bonds is 7. The van der Waals surface area contributed by atoms with Crippen LogP contribution in [0.5, 0.6) is 11.5 Å². The minimum Gasteiger partial charge on any atom is -0.507 e. The van der Waals surface area contributed by atoms with Crippen molar-refractivity contribution < 1.29 is 68.5 Å². The highest BCUT2D eigenvalue weighted by Crippen LogP contribution is 2.56. The molecule has 0 aromatic heterocycles. The number of aliphatic hydroxyl groups is 3. The SMILES string of the molecule is CO[C@@H]1[C@@H](O)[C@@H](OC)C(N=C2CC(=O)c3c(cc4c(c3O)C(=O)[C@]3(OC)[C@H](O)Cc5cc(C)c(C(=O)NCc6ccc(Cl)cc6)c(O)c5[C@]3(O)C4=O)C2=O)O[C@H]1C. The molecule has 3 aliphatic carbocycles. The number of aromatic hydroxyl groups is 2. The molecular weight excluding hydrogens is 768 g/mol. The van der Waals surface area contributed by atoms with Gasteiger partial charge < -0.3 is 49.8 Å². The third-order valence-electron chi connectivity index (χ3n) is 11.4. The van der Waals surface area contributed by atoms with E-state index in [1.807, 2.05) is 0 Å². The van der Waals surface area contributed by atoms with E-state index in [0.717, 1.165) is 13.2 Å². The molecule has 300 valence electrons. The molecule has 1 aliphatic heterocycles. The summed E-state index contributed by atoms with van der Waals surface area (Å²) in [4.78, 5) is 75.2. The lowest BCUT2D eigenvalue weighted by atomic mass is 9.56. The number of ether oxygens (including phenoxy) is 4. The second kappa shape index (κ2) is 14.5. The van der Waals surface area contributed by atoms with Crippen LogP contribution in [0.15, 0.2) is 41.4 Å². The van der Waals surface area contributed by atoms with Crippen LogP contribution in [-0.4, -0.2) is 124 Å². The molecule has 17 heteroatoms. The average Bonchev–Trinajstić information content (AvgIpc) is 3.15. The van der Waals surface area contributed by atoms with Crippen LogP contribution in [0.1, 0.15) is 87.4 Å². The Morgan fingerprint density at radius 1 is 0.965 bits per heavy atom. The molecule has 1 unspecified atom stereocenters. The Morgan fingerprint density at radius 2 is 1.63 bits per heavy atom. The molecule has 7 rings (SSSR count). The number of methoxy groups -OCH3 is 3. The number of ketones is 4. The van der Waals surface area contributed by atoms with Crippen LogP contribution in [0.25, 0.3) is 0 Å². The molecule has 0 bridgehead atoms. The van der Waals surface area contributed by atoms with Gasteiger partial charge >= 0.3 is 0 Å². The van der Waals surface area contributed by atoms with E-state index in [1.165, 1.54) is 27.2 Å². The van der Waals surface area contributed by atoms with Crippen molar-refractivity contribution in [3.05, 3.63) is 91.5 Å². The Balaban J connectivity index is 1.35. The molecule has 1 heterocycles. The summed E-state index contributed by atoms with van der Waals surface area (Å²) in [7, 11) is 3.58. The number of benzene rings is 3. The van der Waals surface area contributed by atoms with Gasteiger partial charge in [0.25, 0.3) is 5.91 Å². The van der Waals surface area contributed by atoms with Crippen LogP contribution in [0.3, 0.4) is 0 Å². The quantitative estimate of drug-likeness (QED) is 0.200. The molecule has 8 atom stereocenters. The maximum Gasteiger partial charge on any atom is 0.255 e. The van der Waals surface area contributed by atoms with E-state index in [0.29, 0.717) is 10.6 Å². The summed E-state index contributed by atoms with van der Waals surface area (Å²) in [5.41, 5.74) is -9.35. The van der Waals surface area contributed by atoms with Gasteiger partial charge in [0.15, 0.2) is 23.2 Å². The minimum absolute atomic E-state index is 0.00156. The lowest BCUT2D eigenvalue weighted by molar-refractivity contribution is -0.228. The van der Waals surface area contributed by atoms with Crippen molar-refractivity contribution in [2.75, 3.05) is 21.3 Å². The van der Waals surface area contributed by atoms with Crippen molar-refractivity contribution in [1.82, 2.24) is 5.32 Å². The van der Waals surface area contributed by atoms with Gasteiger partial charge in [0.2, 0.25) is 17.3 Å². The number of hydrogen-bond donors (Lipinski definition) is 6. The first kappa shape index (κ1) is 40.3. The van der Waals surface area contributed by atoms with E-state index in [4.69, 9.17) is 30.5 Å². The molecule has 1 saturated heterocycles. The molecule has 3 aromatic carbocycles. The number of fused-ring (bicyclic) bond motifs is 5. The van der Waals surface area contributed by atoms with Crippen molar-refractivity contribution in [2.24, 2.45) is 4.99 Å². The Bertz CT molecular complexity index is 2290. The summed E-state index contributed by atoms with van der Waals surface area (Å²) >= 11 is 5.97. The van der Waals surface area contributed by atoms with Crippen LogP contribution in [0.4, 0.5) is 0 Å². The normalized spacial score (nSPS) is 30.1. The molecule has 4 aliphatic rings. The zero-order chi connectivity index (χ0) is 41.5. The molecule has 1 amide bonds. The van der Waals surface area contributed by atoms with Crippen molar-refractivity contribution in [3.63, 3.8) is 0 Å². The number of aliphatic hydroxyl groups excluding tert-OH is 2. The number of nitrogens with zero attached hydrogens (tertiary/aromatic N) is 1. The molecule has 0 spiro atoms. The minimum atomic E-state index is -3.26. The number of carbonyl (C=O) groups is 5. The number of nitrogens with one attached hydrogen (secondary N) is 1. The van der Waals surface area contributed by atoms with E-state index in [9.17, 15) is 49.5 Å². The monoisotopic (exact) mass is 806 g/mol. The molecule has 0 saturated carbocycles. The molecule has 57 heavy (non-hydrogen) atoms. The van der Waals surface area contributed by atoms with E-state index in [1.54, 1.807) is 31.2 Å². The van der Waals surface area contributed by atoms with Crippen molar-refractivity contribution >= 4 is 46.4 Å². The van der Waals surface area contributed by atoms with E-state index < -0.39 is 129 Å². The van der Waals surface area contributed by atoms with Gasteiger partial charge in [-0.25, -0.2) is 0 Å². The largest absolute Gasteiger partial charge is 0.507 e. The highest BCUT2D eigenvalue weighted by Gasteiger charge is 2.72. The van der Waals surface area contributed by atoms with Crippen LogP contribution in [-0.2, 0) is 37.5 Å². The Hall–Kier alpha value is -4.91. The number of phenols is 2. The fourth-order valence-corrected chi connectivity index (χ4v) is 8.83. The second-order valence-electron chi connectivity index (χ2n) is 14.5. The number of amides is 1. The second-order valence-corrected chi connectivity index (χ2v) is 14.9. The van der Waals surface area contributed by atoms with Crippen molar-refractivity contribution in [2.45, 2.75) is 81.2 Å². The Kier molecular flexibility index (Phi) is 10.2. The number of Topliss-reactive ketones (excluding diaryl/α,β-unsaturated/α-hetero) is 4. The topological polar surface area (TPSA) is 248 Å². The maximum atomic E-state index is 14.9. The lowest BCUT2D eigenvalue weighted by Crippen LogP contribution is -2.73. The summed E-state index contributed by atoms with van der Waals surface area (Å²) in [5.74, 6) is -7.31. The Labute approximate surface area is 330 Å². The van der Waals surface area contributed by atoms with Gasteiger partial charge in [-0.2, -0.15) is 0 Å². The summed E-state index contributed by atoms with van der Waals surface area (Å²) in [6, 6.07) is 8.82. The number of aryl methyl sites for hydroxylation is 1. The number of carbonyl (C=O) groups excluding carboxylic acids is 5. The van der Waals surface area contributed by atoms with Gasteiger partial charge in [-0.1, -0.05) is 29.8 Å². The smallest absolute Gasteiger partial charge is 0.255 e. The molecule has 1 fully saturated rings. The van der Waals surface area contributed by atoms with Gasteiger partial charge in [-0.05, 0) is 48.7 Å². The maximum absolute atomic E-state index is 14.9. The van der Waals surface area contributed by atoms with Crippen LogP contribution in [0.2, 0.25) is 5.02 Å². The number of halogens is 1. The fraction of sp³-hybridized carbons (Fsp3) is 0.400. The van der Waals surface area contributed by atoms with Crippen molar-refractivity contribution in [3.8, 4) is 11.5 Å². The molecule has 6 N–H and O–H groups in total. The third kappa shape index (κ3) is 5.77. The molecular formula is C40H39ClN2O14. The number of hydrogen-bond acceptors (Lipinski definition) is 15. The summed E-state index contributed by atoms with van der Waals surface area (Å²) < 4.78 is 22.1. The van der Waals surface area contributed by atoms with Gasteiger partial charge in [0, 0.05) is 56.0 Å². The third-order valence-corrected chi connectivity index (χ3v) is 11.7. The van der Waals surface area contributed by atoms with E-state index in [-0.39, 0.29) is 28.9 Å². The van der Waals surface area contributed by atoms with Crippen molar-refractivity contribution in [1.29, 1.82) is 0 Å². The van der Waals surface area contributed by atoms with E-state index in [2.05, 4.69) is 10.3 Å². The van der Waals surface area contributed by atoms with Crippen LogP contribution in [0, 0.1) is 6.92 Å². The van der Waals surface area contributed by atoms with Crippen LogP contribution < -0.4 is 5.32 Å². The highest BCUT2D eigenvalue weighted by molar-refractivity contribution is 6.53. The fourth-order valence-electron chi connectivity index (χ4n) is 8.70. The van der Waals surface area contributed by atoms with Gasteiger partial charge in [-0.3, -0.25) is 29.0 Å². The number of aliphatic imine (C=N–C) groups is 1. The summed E-state index contributed by atoms with van der Waals surface area (Å²) in [6.45, 7) is 3.09. The highest BCUT2D eigenvalue weighted by atomic mass is 35.5. The lowest BCUT2D eigenvalue weighted by Gasteiger charge is -2.53. The summed E-state index contributed by atoms with van der Waals surface area (Å²) in [6.07, 6.45) is -8.31. The van der Waals surface area contributed by atoms with Gasteiger partial charge in [-0.15, -0.1) is 0 Å². The van der Waals surface area contributed by atoms with Crippen LogP contribution >= 0.6 is 11.6 Å². The predicted octanol–water partition coefficient (Wildman–Crippen LogP) is 1.90.